The maximum Gasteiger partial charge on any atom is 0.267 e. The van der Waals surface area contributed by atoms with Crippen LogP contribution in [0.4, 0.5) is 0 Å². The van der Waals surface area contributed by atoms with Crippen molar-refractivity contribution in [2.45, 2.75) is 76.2 Å². The first-order valence-corrected chi connectivity index (χ1v) is 8.02. The maximum absolute atomic E-state index is 11.4. The molecule has 7 heteroatoms. The highest BCUT2D eigenvalue weighted by Gasteiger charge is 2.54. The van der Waals surface area contributed by atoms with Crippen molar-refractivity contribution in [3.05, 3.63) is 10.1 Å². The van der Waals surface area contributed by atoms with Gasteiger partial charge in [-0.25, -0.2) is 0 Å². The van der Waals surface area contributed by atoms with E-state index >= 15 is 0 Å². The number of hydrogen-bond donors (Lipinski definition) is 1. The highest BCUT2D eigenvalue weighted by Crippen LogP contribution is 2.43. The van der Waals surface area contributed by atoms with Crippen LogP contribution in [0.1, 0.15) is 59.3 Å². The summed E-state index contributed by atoms with van der Waals surface area (Å²) in [5, 5.41) is 14.3. The number of carbonyl (C=O) groups excluding carboxylic acids is 1. The number of ether oxygens (including phenoxy) is 2. The van der Waals surface area contributed by atoms with Crippen molar-refractivity contribution in [1.29, 1.82) is 0 Å². The Bertz CT molecular complexity index is 433. The number of hydrogen-bond acceptors (Lipinski definition) is 5. The normalized spacial score (nSPS) is 38.7. The summed E-state index contributed by atoms with van der Waals surface area (Å²) in [6.07, 6.45) is 4.08. The molecule has 126 valence electrons. The monoisotopic (exact) mass is 314 g/mol. The Morgan fingerprint density at radius 2 is 1.68 bits per heavy atom. The van der Waals surface area contributed by atoms with Gasteiger partial charge in [0, 0.05) is 36.6 Å². The van der Waals surface area contributed by atoms with Gasteiger partial charge in [-0.3, -0.25) is 14.9 Å². The van der Waals surface area contributed by atoms with Crippen LogP contribution in [-0.4, -0.2) is 40.9 Å². The van der Waals surface area contributed by atoms with Crippen LogP contribution in [-0.2, 0) is 14.3 Å². The molecular formula is C15H26N2O5. The molecule has 1 saturated heterocycles. The minimum absolute atomic E-state index is 0.0263. The molecule has 2 aliphatic rings. The molecule has 1 heterocycles. The minimum atomic E-state index is -1.12. The third kappa shape index (κ3) is 3.10. The van der Waals surface area contributed by atoms with Crippen molar-refractivity contribution in [2.75, 3.05) is 13.2 Å². The number of nitrogens with zero attached hydrogens (tertiary/aromatic N) is 1. The van der Waals surface area contributed by atoms with Crippen molar-refractivity contribution in [3.8, 4) is 0 Å². The third-order valence-corrected chi connectivity index (χ3v) is 5.34. The Morgan fingerprint density at radius 1 is 1.14 bits per heavy atom. The van der Waals surface area contributed by atoms with Crippen LogP contribution in [0.3, 0.4) is 0 Å². The van der Waals surface area contributed by atoms with E-state index in [4.69, 9.17) is 9.47 Å². The van der Waals surface area contributed by atoms with Gasteiger partial charge in [0.15, 0.2) is 5.79 Å². The molecule has 1 aliphatic heterocycles. The van der Waals surface area contributed by atoms with Gasteiger partial charge >= 0.3 is 0 Å². The summed E-state index contributed by atoms with van der Waals surface area (Å²) in [5.74, 6) is -0.743. The second-order valence-electron chi connectivity index (χ2n) is 6.64. The lowest BCUT2D eigenvalue weighted by atomic mass is 9.76. The first-order chi connectivity index (χ1) is 10.3. The van der Waals surface area contributed by atoms with Crippen LogP contribution in [0.2, 0.25) is 0 Å². The molecule has 2 fully saturated rings. The second kappa shape index (κ2) is 6.12. The molecule has 0 aromatic rings. The van der Waals surface area contributed by atoms with Crippen molar-refractivity contribution >= 4 is 5.91 Å². The van der Waals surface area contributed by atoms with Crippen molar-refractivity contribution in [3.63, 3.8) is 0 Å². The Hall–Kier alpha value is -1.21. The van der Waals surface area contributed by atoms with E-state index in [1.807, 2.05) is 0 Å². The van der Waals surface area contributed by atoms with Gasteiger partial charge in [-0.05, 0) is 19.3 Å². The zero-order chi connectivity index (χ0) is 16.4. The largest absolute Gasteiger partial charge is 0.351 e. The molecule has 1 saturated carbocycles. The van der Waals surface area contributed by atoms with Gasteiger partial charge in [0.05, 0.1) is 0 Å². The average Bonchev–Trinajstić information content (AvgIpc) is 2.50. The first kappa shape index (κ1) is 17.1. The van der Waals surface area contributed by atoms with Crippen LogP contribution in [0.25, 0.3) is 0 Å². The van der Waals surface area contributed by atoms with Crippen LogP contribution >= 0.6 is 0 Å². The molecule has 0 radical (unpaired) electrons. The predicted molar refractivity (Wildman–Crippen MR) is 80.0 cm³/mol. The van der Waals surface area contributed by atoms with E-state index in [0.717, 1.165) is 19.3 Å². The van der Waals surface area contributed by atoms with E-state index < -0.39 is 11.3 Å². The molecule has 0 unspecified atom stereocenters. The summed E-state index contributed by atoms with van der Waals surface area (Å²) in [6.45, 7) is 5.56. The number of nitrogens with one attached hydrogen (secondary N) is 1. The molecule has 0 bridgehead atoms. The molecule has 1 N–H and O–H groups in total. The summed E-state index contributed by atoms with van der Waals surface area (Å²) in [6, 6.07) is 0. The van der Waals surface area contributed by atoms with Crippen molar-refractivity contribution < 1.29 is 19.2 Å². The fourth-order valence-electron chi connectivity index (χ4n) is 3.39. The summed E-state index contributed by atoms with van der Waals surface area (Å²) in [4.78, 5) is 22.4. The fourth-order valence-corrected chi connectivity index (χ4v) is 3.39. The van der Waals surface area contributed by atoms with Crippen molar-refractivity contribution in [1.82, 2.24) is 5.32 Å². The van der Waals surface area contributed by atoms with Crippen LogP contribution < -0.4 is 5.32 Å². The molecule has 1 spiro atoms. The highest BCUT2D eigenvalue weighted by molar-refractivity contribution is 5.73. The van der Waals surface area contributed by atoms with Gasteiger partial charge in [-0.1, -0.05) is 13.8 Å². The quantitative estimate of drug-likeness (QED) is 0.633. The Morgan fingerprint density at radius 3 is 2.05 bits per heavy atom. The fraction of sp³-hybridized carbons (Fsp3) is 0.933. The van der Waals surface area contributed by atoms with Gasteiger partial charge in [0.1, 0.15) is 13.2 Å². The molecular weight excluding hydrogens is 288 g/mol. The molecule has 1 aliphatic carbocycles. The topological polar surface area (TPSA) is 90.7 Å². The Kier molecular flexibility index (Phi) is 4.77. The molecule has 2 rings (SSSR count). The number of nitro groups is 1. The van der Waals surface area contributed by atoms with Crippen LogP contribution in [0.5, 0.6) is 0 Å². The van der Waals surface area contributed by atoms with E-state index in [0.29, 0.717) is 19.3 Å². The van der Waals surface area contributed by atoms with E-state index in [1.165, 1.54) is 6.92 Å². The summed E-state index contributed by atoms with van der Waals surface area (Å²) in [7, 11) is 0. The number of carbonyl (C=O) groups is 1. The maximum atomic E-state index is 11.4. The van der Waals surface area contributed by atoms with Crippen LogP contribution in [0.15, 0.2) is 0 Å². The summed E-state index contributed by atoms with van der Waals surface area (Å²) < 4.78 is 11.7. The Labute approximate surface area is 130 Å². The van der Waals surface area contributed by atoms with E-state index in [9.17, 15) is 14.9 Å². The molecule has 7 nitrogen and oxygen atoms in total. The summed E-state index contributed by atoms with van der Waals surface area (Å²) >= 11 is 0. The lowest BCUT2D eigenvalue weighted by Crippen LogP contribution is -2.61. The molecule has 0 atom stereocenters. The second-order valence-corrected chi connectivity index (χ2v) is 6.64. The zero-order valence-corrected chi connectivity index (χ0v) is 13.6. The molecule has 1 amide bonds. The lowest BCUT2D eigenvalue weighted by Gasteiger charge is -2.49. The minimum Gasteiger partial charge on any atom is -0.351 e. The lowest BCUT2D eigenvalue weighted by molar-refractivity contribution is -0.598. The van der Waals surface area contributed by atoms with E-state index in [1.54, 1.807) is 6.92 Å². The van der Waals surface area contributed by atoms with Gasteiger partial charge < -0.3 is 14.8 Å². The Balaban J connectivity index is 2.00. The van der Waals surface area contributed by atoms with Gasteiger partial charge in [0.2, 0.25) is 5.91 Å². The van der Waals surface area contributed by atoms with Gasteiger partial charge in [-0.15, -0.1) is 0 Å². The SMILES string of the molecule is CCC1(NC(C)=O)CCC2(CC1)OCC(CC)([N+](=O)[O-])CO2. The van der Waals surface area contributed by atoms with E-state index in [2.05, 4.69) is 12.2 Å². The molecule has 0 aromatic carbocycles. The molecule has 0 aromatic heterocycles. The highest BCUT2D eigenvalue weighted by atomic mass is 16.7. The van der Waals surface area contributed by atoms with Crippen LogP contribution in [0, 0.1) is 10.1 Å². The number of amides is 1. The summed E-state index contributed by atoms with van der Waals surface area (Å²) in [5.41, 5.74) is -1.33. The van der Waals surface area contributed by atoms with Gasteiger partial charge in [-0.2, -0.15) is 0 Å². The number of rotatable bonds is 4. The van der Waals surface area contributed by atoms with E-state index in [-0.39, 0.29) is 29.6 Å². The first-order valence-electron chi connectivity index (χ1n) is 8.02. The zero-order valence-electron chi connectivity index (χ0n) is 13.6. The average molecular weight is 314 g/mol. The predicted octanol–water partition coefficient (Wildman–Crippen LogP) is 2.01. The van der Waals surface area contributed by atoms with Gasteiger partial charge in [0.25, 0.3) is 5.54 Å². The standard InChI is InChI=1S/C15H26N2O5/c1-4-13(16-12(3)18)6-8-15(9-7-13)21-10-14(5-2,11-22-15)17(19)20/h4-11H2,1-3H3,(H,16,18). The van der Waals surface area contributed by atoms with Crippen molar-refractivity contribution in [2.24, 2.45) is 0 Å². The molecule has 22 heavy (non-hydrogen) atoms. The smallest absolute Gasteiger partial charge is 0.267 e. The third-order valence-electron chi connectivity index (χ3n) is 5.34.